The fourth-order valence-corrected chi connectivity index (χ4v) is 2.71. The first-order valence-corrected chi connectivity index (χ1v) is 8.36. The van der Waals surface area contributed by atoms with E-state index in [-0.39, 0.29) is 24.1 Å². The largest absolute Gasteiger partial charge is 0.441 e. The van der Waals surface area contributed by atoms with E-state index in [4.69, 9.17) is 0 Å². The maximum absolute atomic E-state index is 11.8. The number of alkyl halides is 3. The predicted molar refractivity (Wildman–Crippen MR) is 68.1 cm³/mol. The van der Waals surface area contributed by atoms with Crippen molar-refractivity contribution in [2.75, 3.05) is 38.2 Å². The van der Waals surface area contributed by atoms with Gasteiger partial charge >= 0.3 is 5.51 Å². The van der Waals surface area contributed by atoms with Gasteiger partial charge in [0, 0.05) is 25.4 Å². The molecule has 0 fully saturated rings. The number of nitrogens with zero attached hydrogens (tertiary/aromatic N) is 1. The fourth-order valence-electron chi connectivity index (χ4n) is 1.30. The van der Waals surface area contributed by atoms with Gasteiger partial charge in [0.05, 0.1) is 6.26 Å². The second-order valence-electron chi connectivity index (χ2n) is 3.65. The van der Waals surface area contributed by atoms with Crippen molar-refractivity contribution in [3.8, 4) is 0 Å². The number of hydrogen-bond donors (Lipinski definition) is 1. The number of rotatable bonds is 9. The van der Waals surface area contributed by atoms with Crippen LogP contribution in [0.15, 0.2) is 0 Å². The van der Waals surface area contributed by atoms with Crippen molar-refractivity contribution in [3.05, 3.63) is 0 Å². The molecular weight excluding hydrogens is 289 g/mol. The summed E-state index contributed by atoms with van der Waals surface area (Å²) in [6, 6.07) is 0. The smallest absolute Gasteiger partial charge is 0.316 e. The third-order valence-corrected chi connectivity index (χ3v) is 4.24. The van der Waals surface area contributed by atoms with Gasteiger partial charge in [0.15, 0.2) is 0 Å². The quantitative estimate of drug-likeness (QED) is 0.656. The van der Waals surface area contributed by atoms with Gasteiger partial charge in [-0.15, -0.1) is 0 Å². The van der Waals surface area contributed by atoms with Crippen LogP contribution in [0.2, 0.25) is 0 Å². The van der Waals surface area contributed by atoms with E-state index in [1.165, 1.54) is 4.31 Å². The lowest BCUT2D eigenvalue weighted by molar-refractivity contribution is -0.0327. The van der Waals surface area contributed by atoms with E-state index in [0.29, 0.717) is 26.1 Å². The minimum atomic E-state index is -4.18. The molecule has 18 heavy (non-hydrogen) atoms. The molecule has 0 aromatic heterocycles. The normalized spacial score (nSPS) is 13.2. The zero-order valence-electron chi connectivity index (χ0n) is 10.5. The SMILES string of the molecule is CCN(CCCNCCSC(F)(F)F)S(C)(=O)=O. The standard InChI is InChI=1S/C9H19F3N2O2S2/c1-3-14(18(2,15)16)7-4-5-13-6-8-17-9(10,11)12/h13H,3-8H2,1-2H3. The summed E-state index contributed by atoms with van der Waals surface area (Å²) >= 11 is -0.0621. The minimum Gasteiger partial charge on any atom is -0.316 e. The summed E-state index contributed by atoms with van der Waals surface area (Å²) in [5.41, 5.74) is -4.18. The van der Waals surface area contributed by atoms with Gasteiger partial charge in [-0.2, -0.15) is 13.2 Å². The molecule has 0 radical (unpaired) electrons. The van der Waals surface area contributed by atoms with Gasteiger partial charge in [-0.3, -0.25) is 0 Å². The maximum Gasteiger partial charge on any atom is 0.441 e. The van der Waals surface area contributed by atoms with Crippen molar-refractivity contribution in [1.82, 2.24) is 9.62 Å². The fraction of sp³-hybridized carbons (Fsp3) is 1.00. The molecule has 110 valence electrons. The molecule has 0 aliphatic heterocycles. The van der Waals surface area contributed by atoms with Crippen LogP contribution in [0.3, 0.4) is 0 Å². The Kier molecular flexibility index (Phi) is 8.24. The molecule has 0 heterocycles. The molecule has 0 amide bonds. The van der Waals surface area contributed by atoms with Gasteiger partial charge in [0.25, 0.3) is 0 Å². The van der Waals surface area contributed by atoms with Crippen LogP contribution >= 0.6 is 11.8 Å². The highest BCUT2D eigenvalue weighted by atomic mass is 32.2. The Balaban J connectivity index is 3.57. The summed E-state index contributed by atoms with van der Waals surface area (Å²) < 4.78 is 59.1. The van der Waals surface area contributed by atoms with E-state index in [0.717, 1.165) is 6.26 Å². The van der Waals surface area contributed by atoms with Crippen molar-refractivity contribution in [2.45, 2.75) is 18.9 Å². The third-order valence-electron chi connectivity index (χ3n) is 2.13. The zero-order chi connectivity index (χ0) is 14.2. The van der Waals surface area contributed by atoms with Crippen molar-refractivity contribution in [3.63, 3.8) is 0 Å². The highest BCUT2D eigenvalue weighted by Crippen LogP contribution is 2.29. The van der Waals surface area contributed by atoms with Crippen LogP contribution in [0, 0.1) is 0 Å². The average Bonchev–Trinajstić information content (AvgIpc) is 2.18. The highest BCUT2D eigenvalue weighted by Gasteiger charge is 2.27. The third kappa shape index (κ3) is 9.98. The number of sulfonamides is 1. The van der Waals surface area contributed by atoms with Crippen LogP contribution < -0.4 is 5.32 Å². The van der Waals surface area contributed by atoms with E-state index in [2.05, 4.69) is 5.32 Å². The van der Waals surface area contributed by atoms with Gasteiger partial charge in [0.1, 0.15) is 0 Å². The van der Waals surface area contributed by atoms with E-state index in [1.807, 2.05) is 0 Å². The molecule has 0 aromatic carbocycles. The van der Waals surface area contributed by atoms with Crippen LogP contribution in [0.1, 0.15) is 13.3 Å². The molecule has 0 rings (SSSR count). The van der Waals surface area contributed by atoms with Crippen LogP contribution in [0.4, 0.5) is 13.2 Å². The van der Waals surface area contributed by atoms with Crippen molar-refractivity contribution in [2.24, 2.45) is 0 Å². The average molecular weight is 308 g/mol. The Morgan fingerprint density at radius 1 is 1.28 bits per heavy atom. The van der Waals surface area contributed by atoms with E-state index < -0.39 is 15.5 Å². The molecule has 0 aliphatic carbocycles. The molecule has 0 spiro atoms. The topological polar surface area (TPSA) is 49.4 Å². The summed E-state index contributed by atoms with van der Waals surface area (Å²) in [5, 5.41) is 2.85. The second kappa shape index (κ2) is 8.23. The molecule has 0 aliphatic rings. The van der Waals surface area contributed by atoms with Crippen LogP contribution in [-0.4, -0.2) is 56.4 Å². The molecule has 0 unspecified atom stereocenters. The molecule has 0 bridgehead atoms. The lowest BCUT2D eigenvalue weighted by Gasteiger charge is -2.17. The summed E-state index contributed by atoms with van der Waals surface area (Å²) in [5.74, 6) is -0.0347. The van der Waals surface area contributed by atoms with Gasteiger partial charge in [-0.1, -0.05) is 6.92 Å². The number of hydrogen-bond acceptors (Lipinski definition) is 4. The van der Waals surface area contributed by atoms with E-state index in [9.17, 15) is 21.6 Å². The van der Waals surface area contributed by atoms with E-state index in [1.54, 1.807) is 6.92 Å². The molecule has 0 atom stereocenters. The van der Waals surface area contributed by atoms with Crippen LogP contribution in [0.5, 0.6) is 0 Å². The first-order chi connectivity index (χ1) is 8.17. The Bertz CT molecular complexity index is 320. The Hall–Kier alpha value is 0.01000. The second-order valence-corrected chi connectivity index (χ2v) is 6.79. The number of nitrogens with one attached hydrogen (secondary N) is 1. The first-order valence-electron chi connectivity index (χ1n) is 5.53. The highest BCUT2D eigenvalue weighted by molar-refractivity contribution is 8.00. The summed E-state index contributed by atoms with van der Waals surface area (Å²) in [6.45, 7) is 3.30. The molecule has 0 saturated carbocycles. The zero-order valence-corrected chi connectivity index (χ0v) is 12.1. The molecule has 0 aromatic rings. The number of thioether (sulfide) groups is 1. The van der Waals surface area contributed by atoms with Gasteiger partial charge in [-0.25, -0.2) is 12.7 Å². The number of halogens is 3. The Labute approximate surface area is 110 Å². The van der Waals surface area contributed by atoms with Gasteiger partial charge in [0.2, 0.25) is 10.0 Å². The maximum atomic E-state index is 11.8. The van der Waals surface area contributed by atoms with Gasteiger partial charge < -0.3 is 5.32 Å². The lowest BCUT2D eigenvalue weighted by Crippen LogP contribution is -2.32. The Morgan fingerprint density at radius 3 is 2.33 bits per heavy atom. The molecule has 9 heteroatoms. The summed E-state index contributed by atoms with van der Waals surface area (Å²) in [6.07, 6.45) is 1.72. The van der Waals surface area contributed by atoms with Crippen molar-refractivity contribution >= 4 is 21.8 Å². The minimum absolute atomic E-state index is 0.0347. The van der Waals surface area contributed by atoms with Crippen LogP contribution in [0.25, 0.3) is 0 Å². The predicted octanol–water partition coefficient (Wildman–Crippen LogP) is 1.50. The summed E-state index contributed by atoms with van der Waals surface area (Å²) in [4.78, 5) is 0. The molecular formula is C9H19F3N2O2S2. The molecule has 0 saturated heterocycles. The Morgan fingerprint density at radius 2 is 1.89 bits per heavy atom. The lowest BCUT2D eigenvalue weighted by atomic mass is 10.4. The van der Waals surface area contributed by atoms with Gasteiger partial charge in [-0.05, 0) is 24.7 Å². The monoisotopic (exact) mass is 308 g/mol. The van der Waals surface area contributed by atoms with Crippen molar-refractivity contribution in [1.29, 1.82) is 0 Å². The summed E-state index contributed by atoms with van der Waals surface area (Å²) in [7, 11) is -3.18. The molecule has 1 N–H and O–H groups in total. The first kappa shape index (κ1) is 18.0. The molecule has 4 nitrogen and oxygen atoms in total. The van der Waals surface area contributed by atoms with E-state index >= 15 is 0 Å². The van der Waals surface area contributed by atoms with Crippen molar-refractivity contribution < 1.29 is 21.6 Å². The van der Waals surface area contributed by atoms with Crippen LogP contribution in [-0.2, 0) is 10.0 Å².